The molecule has 0 radical (unpaired) electrons. The summed E-state index contributed by atoms with van der Waals surface area (Å²) >= 11 is 11.8. The summed E-state index contributed by atoms with van der Waals surface area (Å²) in [5, 5.41) is 0.867. The number of carbonyl (C=O) groups excluding carboxylic acids is 1. The van der Waals surface area contributed by atoms with Gasteiger partial charge in [0.15, 0.2) is 6.61 Å². The van der Waals surface area contributed by atoms with Gasteiger partial charge in [-0.2, -0.15) is 0 Å². The average Bonchev–Trinajstić information content (AvgIpc) is 3.11. The standard InChI is InChI=1S/C18H23Cl2NO3/c19-14-8-7-13(11-15(14)20)23-12-18(22)24-17-6-2-1-5-16(17)21-9-3-4-10-21/h7-8,11,16-17H,1-6,9-10,12H2. The molecule has 1 aromatic rings. The molecule has 1 aromatic carbocycles. The van der Waals surface area contributed by atoms with E-state index in [0.29, 0.717) is 21.8 Å². The molecule has 0 amide bonds. The van der Waals surface area contributed by atoms with Crippen molar-refractivity contribution in [2.75, 3.05) is 19.7 Å². The van der Waals surface area contributed by atoms with Crippen LogP contribution in [0.5, 0.6) is 5.75 Å². The fraction of sp³-hybridized carbons (Fsp3) is 0.611. The highest BCUT2D eigenvalue weighted by atomic mass is 35.5. The van der Waals surface area contributed by atoms with Crippen LogP contribution in [-0.4, -0.2) is 42.7 Å². The van der Waals surface area contributed by atoms with Crippen LogP contribution >= 0.6 is 23.2 Å². The van der Waals surface area contributed by atoms with Gasteiger partial charge in [0.05, 0.1) is 10.0 Å². The van der Waals surface area contributed by atoms with Crippen molar-refractivity contribution in [3.63, 3.8) is 0 Å². The molecule has 0 bridgehead atoms. The lowest BCUT2D eigenvalue weighted by Gasteiger charge is -2.37. The summed E-state index contributed by atoms with van der Waals surface area (Å²) in [4.78, 5) is 14.7. The zero-order chi connectivity index (χ0) is 16.9. The molecule has 4 nitrogen and oxygen atoms in total. The molecule has 1 aliphatic carbocycles. The zero-order valence-electron chi connectivity index (χ0n) is 13.7. The maximum Gasteiger partial charge on any atom is 0.344 e. The van der Waals surface area contributed by atoms with Gasteiger partial charge in [0.2, 0.25) is 0 Å². The van der Waals surface area contributed by atoms with Crippen molar-refractivity contribution in [3.8, 4) is 5.75 Å². The molecule has 0 spiro atoms. The third-order valence-corrected chi connectivity index (χ3v) is 5.55. The Kier molecular flexibility index (Phi) is 6.25. The lowest BCUT2D eigenvalue weighted by molar-refractivity contribution is -0.156. The van der Waals surface area contributed by atoms with E-state index in [9.17, 15) is 4.79 Å². The second-order valence-corrected chi connectivity index (χ2v) is 7.30. The Balaban J connectivity index is 1.51. The number of halogens is 2. The van der Waals surface area contributed by atoms with E-state index in [1.807, 2.05) is 0 Å². The summed E-state index contributed by atoms with van der Waals surface area (Å²) in [6.07, 6.45) is 6.88. The molecule has 132 valence electrons. The summed E-state index contributed by atoms with van der Waals surface area (Å²) < 4.78 is 11.2. The number of ether oxygens (including phenoxy) is 2. The first-order valence-electron chi connectivity index (χ1n) is 8.65. The van der Waals surface area contributed by atoms with Crippen molar-refractivity contribution in [1.29, 1.82) is 0 Å². The van der Waals surface area contributed by atoms with Gasteiger partial charge in [-0.05, 0) is 57.3 Å². The van der Waals surface area contributed by atoms with Crippen LogP contribution < -0.4 is 4.74 Å². The predicted molar refractivity (Wildman–Crippen MR) is 94.9 cm³/mol. The Morgan fingerprint density at radius 1 is 1.08 bits per heavy atom. The minimum atomic E-state index is -0.322. The van der Waals surface area contributed by atoms with Crippen LogP contribution in [0.25, 0.3) is 0 Å². The molecule has 1 saturated carbocycles. The molecule has 2 aliphatic rings. The molecular weight excluding hydrogens is 349 g/mol. The Hall–Kier alpha value is -0.970. The summed E-state index contributed by atoms with van der Waals surface area (Å²) in [7, 11) is 0. The van der Waals surface area contributed by atoms with E-state index < -0.39 is 0 Å². The zero-order valence-corrected chi connectivity index (χ0v) is 15.2. The SMILES string of the molecule is O=C(COc1ccc(Cl)c(Cl)c1)OC1CCCCC1N1CCCC1. The van der Waals surface area contributed by atoms with E-state index in [0.717, 1.165) is 32.4 Å². The van der Waals surface area contributed by atoms with E-state index in [1.54, 1.807) is 18.2 Å². The number of carbonyl (C=O) groups is 1. The second kappa shape index (κ2) is 8.41. The van der Waals surface area contributed by atoms with Crippen molar-refractivity contribution in [3.05, 3.63) is 28.2 Å². The molecule has 2 unspecified atom stereocenters. The number of benzene rings is 1. The Labute approximate surface area is 153 Å². The highest BCUT2D eigenvalue weighted by Gasteiger charge is 2.34. The molecule has 1 aliphatic heterocycles. The number of nitrogens with zero attached hydrogens (tertiary/aromatic N) is 1. The van der Waals surface area contributed by atoms with E-state index in [2.05, 4.69) is 4.90 Å². The Bertz CT molecular complexity index is 575. The largest absolute Gasteiger partial charge is 0.482 e. The Morgan fingerprint density at radius 2 is 1.83 bits per heavy atom. The number of likely N-dealkylation sites (tertiary alicyclic amines) is 1. The van der Waals surface area contributed by atoms with E-state index >= 15 is 0 Å². The van der Waals surface area contributed by atoms with Gasteiger partial charge in [-0.1, -0.05) is 29.6 Å². The lowest BCUT2D eigenvalue weighted by atomic mass is 9.91. The third-order valence-electron chi connectivity index (χ3n) is 4.81. The van der Waals surface area contributed by atoms with Crippen molar-refractivity contribution in [2.24, 2.45) is 0 Å². The van der Waals surface area contributed by atoms with E-state index in [1.165, 1.54) is 19.3 Å². The van der Waals surface area contributed by atoms with Gasteiger partial charge in [0, 0.05) is 12.1 Å². The Morgan fingerprint density at radius 3 is 2.58 bits per heavy atom. The maximum atomic E-state index is 12.2. The van der Waals surface area contributed by atoms with E-state index in [4.69, 9.17) is 32.7 Å². The summed E-state index contributed by atoms with van der Waals surface area (Å²) in [5.41, 5.74) is 0. The second-order valence-electron chi connectivity index (χ2n) is 6.49. The van der Waals surface area contributed by atoms with Gasteiger partial charge in [-0.25, -0.2) is 4.79 Å². The van der Waals surface area contributed by atoms with Gasteiger partial charge in [0.25, 0.3) is 0 Å². The number of rotatable bonds is 5. The van der Waals surface area contributed by atoms with Crippen LogP contribution in [-0.2, 0) is 9.53 Å². The van der Waals surface area contributed by atoms with E-state index in [-0.39, 0.29) is 18.7 Å². The first-order valence-corrected chi connectivity index (χ1v) is 9.40. The summed E-state index contributed by atoms with van der Waals surface area (Å²) in [5.74, 6) is 0.193. The van der Waals surface area contributed by atoms with Crippen LogP contribution in [0.3, 0.4) is 0 Å². The van der Waals surface area contributed by atoms with Crippen LogP contribution in [0.15, 0.2) is 18.2 Å². The van der Waals surface area contributed by atoms with Gasteiger partial charge in [-0.15, -0.1) is 0 Å². The minimum absolute atomic E-state index is 0.0123. The topological polar surface area (TPSA) is 38.8 Å². The van der Waals surface area contributed by atoms with Gasteiger partial charge in [-0.3, -0.25) is 4.90 Å². The smallest absolute Gasteiger partial charge is 0.344 e. The highest BCUT2D eigenvalue weighted by molar-refractivity contribution is 6.42. The molecule has 2 atom stereocenters. The van der Waals surface area contributed by atoms with Gasteiger partial charge >= 0.3 is 5.97 Å². The van der Waals surface area contributed by atoms with Gasteiger partial charge in [0.1, 0.15) is 11.9 Å². The molecular formula is C18H23Cl2NO3. The van der Waals surface area contributed by atoms with Crippen LogP contribution in [0.4, 0.5) is 0 Å². The number of hydrogen-bond donors (Lipinski definition) is 0. The van der Waals surface area contributed by atoms with Crippen molar-refractivity contribution >= 4 is 29.2 Å². The van der Waals surface area contributed by atoms with Crippen molar-refractivity contribution < 1.29 is 14.3 Å². The molecule has 0 aromatic heterocycles. The molecule has 3 rings (SSSR count). The summed E-state index contributed by atoms with van der Waals surface area (Å²) in [6.45, 7) is 2.14. The van der Waals surface area contributed by atoms with Crippen molar-refractivity contribution in [2.45, 2.75) is 50.7 Å². The van der Waals surface area contributed by atoms with Crippen LogP contribution in [0.1, 0.15) is 38.5 Å². The molecule has 1 saturated heterocycles. The van der Waals surface area contributed by atoms with Crippen molar-refractivity contribution in [1.82, 2.24) is 4.90 Å². The average molecular weight is 372 g/mol. The minimum Gasteiger partial charge on any atom is -0.482 e. The molecule has 0 N–H and O–H groups in total. The van der Waals surface area contributed by atoms with Crippen LogP contribution in [0.2, 0.25) is 10.0 Å². The lowest BCUT2D eigenvalue weighted by Crippen LogP contribution is -2.46. The molecule has 2 fully saturated rings. The maximum absolute atomic E-state index is 12.2. The van der Waals surface area contributed by atoms with Gasteiger partial charge < -0.3 is 9.47 Å². The highest BCUT2D eigenvalue weighted by Crippen LogP contribution is 2.29. The molecule has 1 heterocycles. The number of esters is 1. The first-order chi connectivity index (χ1) is 11.6. The molecule has 24 heavy (non-hydrogen) atoms. The molecule has 6 heteroatoms. The monoisotopic (exact) mass is 371 g/mol. The quantitative estimate of drug-likeness (QED) is 0.722. The predicted octanol–water partition coefficient (Wildman–Crippen LogP) is 4.32. The summed E-state index contributed by atoms with van der Waals surface area (Å²) in [6, 6.07) is 5.31. The normalized spacial score (nSPS) is 24.8. The fourth-order valence-electron chi connectivity index (χ4n) is 3.62. The third kappa shape index (κ3) is 4.56. The number of hydrogen-bond acceptors (Lipinski definition) is 4. The first kappa shape index (κ1) is 17.8. The van der Waals surface area contributed by atoms with Crippen LogP contribution in [0, 0.1) is 0 Å². The fourth-order valence-corrected chi connectivity index (χ4v) is 3.91.